The highest BCUT2D eigenvalue weighted by Crippen LogP contribution is 2.29. The Labute approximate surface area is 110 Å². The lowest BCUT2D eigenvalue weighted by Crippen LogP contribution is -2.27. The maximum Gasteiger partial charge on any atom is 0.276 e. The molecule has 0 spiro atoms. The van der Waals surface area contributed by atoms with Crippen molar-refractivity contribution in [1.29, 1.82) is 0 Å². The summed E-state index contributed by atoms with van der Waals surface area (Å²) in [6.45, 7) is 0.106. The Morgan fingerprint density at radius 1 is 1.47 bits per heavy atom. The number of anilines is 2. The molecule has 0 amide bonds. The zero-order chi connectivity index (χ0) is 13.8. The minimum absolute atomic E-state index is 0.0796. The fourth-order valence-electron chi connectivity index (χ4n) is 2.40. The van der Waals surface area contributed by atoms with Crippen LogP contribution in [0.3, 0.4) is 0 Å². The van der Waals surface area contributed by atoms with Gasteiger partial charge in [0.05, 0.1) is 17.1 Å². The average molecular weight is 267 g/mol. The summed E-state index contributed by atoms with van der Waals surface area (Å²) < 4.78 is 0. The number of aliphatic hydroxyl groups is 1. The highest BCUT2D eigenvalue weighted by Gasteiger charge is 2.27. The molecule has 1 heterocycles. The number of hydrogen-bond acceptors (Lipinski definition) is 7. The van der Waals surface area contributed by atoms with Gasteiger partial charge in [0.2, 0.25) is 0 Å². The summed E-state index contributed by atoms with van der Waals surface area (Å²) in [6, 6.07) is 2.72. The fraction of sp³-hybridized carbons (Fsp3) is 0.545. The molecular weight excluding hydrogens is 250 g/mol. The molecular formula is C11H17N5O3. The van der Waals surface area contributed by atoms with E-state index in [-0.39, 0.29) is 30.1 Å². The first-order chi connectivity index (χ1) is 9.13. The van der Waals surface area contributed by atoms with Crippen molar-refractivity contribution in [3.63, 3.8) is 0 Å². The second-order valence-corrected chi connectivity index (χ2v) is 4.62. The SMILES string of the molecule is NNc1cc([N+](=O)[O-])cc(NC2CCCC2CO)n1. The molecule has 1 fully saturated rings. The average Bonchev–Trinajstić information content (AvgIpc) is 2.85. The molecule has 19 heavy (non-hydrogen) atoms. The van der Waals surface area contributed by atoms with Crippen LogP contribution in [0.5, 0.6) is 0 Å². The first-order valence-corrected chi connectivity index (χ1v) is 6.14. The molecule has 8 nitrogen and oxygen atoms in total. The van der Waals surface area contributed by atoms with Gasteiger partial charge in [-0.05, 0) is 12.8 Å². The second kappa shape index (κ2) is 5.81. The van der Waals surface area contributed by atoms with Crippen molar-refractivity contribution in [2.45, 2.75) is 25.3 Å². The van der Waals surface area contributed by atoms with E-state index in [9.17, 15) is 15.2 Å². The quantitative estimate of drug-likeness (QED) is 0.354. The van der Waals surface area contributed by atoms with Crippen LogP contribution in [0.15, 0.2) is 12.1 Å². The van der Waals surface area contributed by atoms with Gasteiger partial charge in [-0.3, -0.25) is 10.1 Å². The van der Waals surface area contributed by atoms with Gasteiger partial charge in [-0.25, -0.2) is 10.8 Å². The summed E-state index contributed by atoms with van der Waals surface area (Å²) in [5, 5.41) is 23.2. The Hall–Kier alpha value is -1.93. The van der Waals surface area contributed by atoms with Gasteiger partial charge < -0.3 is 15.8 Å². The third kappa shape index (κ3) is 3.09. The van der Waals surface area contributed by atoms with Crippen molar-refractivity contribution < 1.29 is 10.0 Å². The van der Waals surface area contributed by atoms with Crippen molar-refractivity contribution >= 4 is 17.3 Å². The maximum absolute atomic E-state index is 10.8. The Kier molecular flexibility index (Phi) is 4.13. The molecule has 2 atom stereocenters. The normalized spacial score (nSPS) is 22.2. The molecule has 8 heteroatoms. The predicted octanol–water partition coefficient (Wildman–Crippen LogP) is 0.848. The molecule has 2 unspecified atom stereocenters. The smallest absolute Gasteiger partial charge is 0.276 e. The van der Waals surface area contributed by atoms with E-state index in [1.54, 1.807) is 0 Å². The van der Waals surface area contributed by atoms with Gasteiger partial charge in [-0.2, -0.15) is 0 Å². The number of hydrogen-bond donors (Lipinski definition) is 4. The molecule has 5 N–H and O–H groups in total. The van der Waals surface area contributed by atoms with Crippen LogP contribution in [0.2, 0.25) is 0 Å². The second-order valence-electron chi connectivity index (χ2n) is 4.62. The Bertz CT molecular complexity index is 468. The molecule has 1 aromatic heterocycles. The number of nitrogen functional groups attached to an aromatic ring is 1. The third-order valence-electron chi connectivity index (χ3n) is 3.40. The van der Waals surface area contributed by atoms with Gasteiger partial charge in [-0.1, -0.05) is 6.42 Å². The van der Waals surface area contributed by atoms with Gasteiger partial charge in [0.15, 0.2) is 0 Å². The fourth-order valence-corrected chi connectivity index (χ4v) is 2.40. The maximum atomic E-state index is 10.8. The van der Waals surface area contributed by atoms with E-state index in [0.717, 1.165) is 19.3 Å². The zero-order valence-electron chi connectivity index (χ0n) is 10.4. The standard InChI is InChI=1S/C11H17N5O3/c12-15-11-5-8(16(18)19)4-10(14-11)13-9-3-1-2-7(9)6-17/h4-5,7,9,17H,1-3,6,12H2,(H2,13,14,15). The van der Waals surface area contributed by atoms with E-state index in [0.29, 0.717) is 5.82 Å². The van der Waals surface area contributed by atoms with Crippen molar-refractivity contribution in [3.05, 3.63) is 22.2 Å². The Morgan fingerprint density at radius 2 is 2.21 bits per heavy atom. The molecule has 2 rings (SSSR count). The van der Waals surface area contributed by atoms with E-state index < -0.39 is 4.92 Å². The van der Waals surface area contributed by atoms with Gasteiger partial charge in [0, 0.05) is 18.6 Å². The minimum Gasteiger partial charge on any atom is -0.396 e. The molecule has 1 aliphatic carbocycles. The molecule has 1 saturated carbocycles. The lowest BCUT2D eigenvalue weighted by Gasteiger charge is -2.19. The monoisotopic (exact) mass is 267 g/mol. The molecule has 0 bridgehead atoms. The summed E-state index contributed by atoms with van der Waals surface area (Å²) in [5.41, 5.74) is 2.23. The number of nitro groups is 1. The van der Waals surface area contributed by atoms with Crippen LogP contribution in [-0.2, 0) is 0 Å². The summed E-state index contributed by atoms with van der Waals surface area (Å²) >= 11 is 0. The zero-order valence-corrected chi connectivity index (χ0v) is 10.4. The van der Waals surface area contributed by atoms with E-state index in [1.807, 2.05) is 0 Å². The number of nitrogens with zero attached hydrogens (tertiary/aromatic N) is 2. The highest BCUT2D eigenvalue weighted by atomic mass is 16.6. The Balaban J connectivity index is 2.19. The summed E-state index contributed by atoms with van der Waals surface area (Å²) in [4.78, 5) is 14.5. The summed E-state index contributed by atoms with van der Waals surface area (Å²) in [5.74, 6) is 6.04. The predicted molar refractivity (Wildman–Crippen MR) is 70.5 cm³/mol. The number of hydrazine groups is 1. The van der Waals surface area contributed by atoms with Crippen molar-refractivity contribution in [3.8, 4) is 0 Å². The van der Waals surface area contributed by atoms with Gasteiger partial charge >= 0.3 is 0 Å². The molecule has 0 aliphatic heterocycles. The van der Waals surface area contributed by atoms with E-state index in [1.165, 1.54) is 12.1 Å². The number of aliphatic hydroxyl groups excluding tert-OH is 1. The van der Waals surface area contributed by atoms with Crippen LogP contribution in [0.1, 0.15) is 19.3 Å². The van der Waals surface area contributed by atoms with Crippen molar-refractivity contribution in [2.75, 3.05) is 17.3 Å². The van der Waals surface area contributed by atoms with E-state index >= 15 is 0 Å². The van der Waals surface area contributed by atoms with Crippen LogP contribution >= 0.6 is 0 Å². The lowest BCUT2D eigenvalue weighted by molar-refractivity contribution is -0.384. The molecule has 1 aliphatic rings. The van der Waals surface area contributed by atoms with Crippen LogP contribution in [0, 0.1) is 16.0 Å². The Morgan fingerprint density at radius 3 is 2.84 bits per heavy atom. The highest BCUT2D eigenvalue weighted by molar-refractivity contribution is 5.54. The summed E-state index contributed by atoms with van der Waals surface area (Å²) in [6.07, 6.45) is 2.89. The van der Waals surface area contributed by atoms with E-state index in [2.05, 4.69) is 15.7 Å². The van der Waals surface area contributed by atoms with Crippen LogP contribution < -0.4 is 16.6 Å². The van der Waals surface area contributed by atoms with Crippen molar-refractivity contribution in [1.82, 2.24) is 4.98 Å². The van der Waals surface area contributed by atoms with Gasteiger partial charge in [-0.15, -0.1) is 0 Å². The first kappa shape index (κ1) is 13.5. The van der Waals surface area contributed by atoms with E-state index in [4.69, 9.17) is 5.84 Å². The molecule has 0 radical (unpaired) electrons. The van der Waals surface area contributed by atoms with Gasteiger partial charge in [0.25, 0.3) is 5.69 Å². The minimum atomic E-state index is -0.494. The number of nitrogens with one attached hydrogen (secondary N) is 2. The number of pyridine rings is 1. The molecule has 104 valence electrons. The van der Waals surface area contributed by atoms with Crippen LogP contribution in [0.4, 0.5) is 17.3 Å². The van der Waals surface area contributed by atoms with Gasteiger partial charge in [0.1, 0.15) is 11.6 Å². The topological polar surface area (TPSA) is 126 Å². The first-order valence-electron chi connectivity index (χ1n) is 6.14. The van der Waals surface area contributed by atoms with Crippen LogP contribution in [-0.4, -0.2) is 27.7 Å². The summed E-state index contributed by atoms with van der Waals surface area (Å²) in [7, 11) is 0. The third-order valence-corrected chi connectivity index (χ3v) is 3.40. The van der Waals surface area contributed by atoms with Crippen molar-refractivity contribution in [2.24, 2.45) is 11.8 Å². The number of aromatic nitrogens is 1. The number of nitrogens with two attached hydrogens (primary N) is 1. The molecule has 0 saturated heterocycles. The van der Waals surface area contributed by atoms with Crippen LogP contribution in [0.25, 0.3) is 0 Å². The number of rotatable bonds is 5. The molecule has 1 aromatic rings. The molecule has 0 aromatic carbocycles. The lowest BCUT2D eigenvalue weighted by atomic mass is 10.1. The largest absolute Gasteiger partial charge is 0.396 e.